The van der Waals surface area contributed by atoms with Gasteiger partial charge in [-0.05, 0) is 49.1 Å². The van der Waals surface area contributed by atoms with Crippen LogP contribution in [0.1, 0.15) is 35.8 Å². The minimum Gasteiger partial charge on any atom is -0.487 e. The molecule has 0 spiro atoms. The number of piperidine rings is 1. The highest BCUT2D eigenvalue weighted by Crippen LogP contribution is 2.28. The van der Waals surface area contributed by atoms with Crippen molar-refractivity contribution in [2.75, 3.05) is 13.1 Å². The molecule has 1 aliphatic rings. The van der Waals surface area contributed by atoms with E-state index in [2.05, 4.69) is 6.92 Å². The minimum absolute atomic E-state index is 0.179. The van der Waals surface area contributed by atoms with Crippen molar-refractivity contribution < 1.29 is 14.3 Å². The number of rotatable bonds is 5. The third-order valence-corrected chi connectivity index (χ3v) is 6.16. The van der Waals surface area contributed by atoms with Gasteiger partial charge in [0.15, 0.2) is 0 Å². The second-order valence-corrected chi connectivity index (χ2v) is 8.38. The zero-order valence-corrected chi connectivity index (χ0v) is 18.0. The van der Waals surface area contributed by atoms with Crippen molar-refractivity contribution in [1.29, 1.82) is 0 Å². The Morgan fingerprint density at radius 2 is 1.73 bits per heavy atom. The molecule has 3 aromatic rings. The first-order valence-corrected chi connectivity index (χ1v) is 10.6. The van der Waals surface area contributed by atoms with Crippen LogP contribution in [0.5, 0.6) is 5.75 Å². The van der Waals surface area contributed by atoms with Gasteiger partial charge in [-0.3, -0.25) is 9.59 Å². The van der Waals surface area contributed by atoms with Crippen LogP contribution >= 0.6 is 11.6 Å². The Bertz CT molecular complexity index is 1080. The molecule has 0 unspecified atom stereocenters. The molecule has 4 rings (SSSR count). The molecule has 0 aliphatic carbocycles. The number of hydrogen-bond donors (Lipinski definition) is 0. The maximum Gasteiger partial charge on any atom is 0.295 e. The lowest BCUT2D eigenvalue weighted by Crippen LogP contribution is -2.42. The largest absolute Gasteiger partial charge is 0.487 e. The summed E-state index contributed by atoms with van der Waals surface area (Å²) >= 11 is 5.95. The molecule has 2 heterocycles. The summed E-state index contributed by atoms with van der Waals surface area (Å²) in [7, 11) is 1.90. The van der Waals surface area contributed by atoms with Gasteiger partial charge in [-0.2, -0.15) is 0 Å². The lowest BCUT2D eigenvalue weighted by Gasteiger charge is -2.29. The summed E-state index contributed by atoms with van der Waals surface area (Å²) in [5.74, 6) is 0.353. The smallest absolute Gasteiger partial charge is 0.295 e. The SMILES string of the molecule is CC1CCN(C(=O)C(=O)c2c(COc3ccc(Cl)cc3)n(C)c3ccccc23)CC1. The highest BCUT2D eigenvalue weighted by atomic mass is 35.5. The molecule has 1 aromatic heterocycles. The number of fused-ring (bicyclic) bond motifs is 1. The van der Waals surface area contributed by atoms with Gasteiger partial charge in [-0.1, -0.05) is 36.7 Å². The standard InChI is InChI=1S/C24H25ClN2O3/c1-16-11-13-27(14-12-16)24(29)23(28)22-19-5-3-4-6-20(19)26(2)21(22)15-30-18-9-7-17(25)8-10-18/h3-10,16H,11-15H2,1-2H3. The van der Waals surface area contributed by atoms with Crippen LogP contribution in [0.15, 0.2) is 48.5 Å². The molecule has 0 atom stereocenters. The normalized spacial score (nSPS) is 14.8. The van der Waals surface area contributed by atoms with Gasteiger partial charge < -0.3 is 14.2 Å². The quantitative estimate of drug-likeness (QED) is 0.434. The van der Waals surface area contributed by atoms with E-state index in [4.69, 9.17) is 16.3 Å². The molecule has 5 nitrogen and oxygen atoms in total. The number of para-hydroxylation sites is 1. The Hall–Kier alpha value is -2.79. The Morgan fingerprint density at radius 1 is 1.07 bits per heavy atom. The van der Waals surface area contributed by atoms with Gasteiger partial charge in [0.2, 0.25) is 0 Å². The van der Waals surface area contributed by atoms with E-state index in [1.54, 1.807) is 29.2 Å². The summed E-state index contributed by atoms with van der Waals surface area (Å²) in [4.78, 5) is 28.1. The number of carbonyl (C=O) groups is 2. The first-order valence-electron chi connectivity index (χ1n) is 10.2. The number of benzene rings is 2. The highest BCUT2D eigenvalue weighted by Gasteiger charge is 2.31. The van der Waals surface area contributed by atoms with Gasteiger partial charge in [0, 0.05) is 36.1 Å². The van der Waals surface area contributed by atoms with Gasteiger partial charge in [-0.15, -0.1) is 0 Å². The third kappa shape index (κ3) is 3.94. The van der Waals surface area contributed by atoms with Gasteiger partial charge in [0.05, 0.1) is 11.3 Å². The molecule has 6 heteroatoms. The Kier molecular flexibility index (Phi) is 5.82. The van der Waals surface area contributed by atoms with E-state index in [0.717, 1.165) is 23.7 Å². The van der Waals surface area contributed by atoms with Crippen molar-refractivity contribution >= 4 is 34.2 Å². The average molecular weight is 425 g/mol. The molecule has 30 heavy (non-hydrogen) atoms. The van der Waals surface area contributed by atoms with Crippen molar-refractivity contribution in [1.82, 2.24) is 9.47 Å². The van der Waals surface area contributed by atoms with E-state index in [1.165, 1.54) is 0 Å². The first-order chi connectivity index (χ1) is 14.5. The molecular formula is C24H25ClN2O3. The van der Waals surface area contributed by atoms with Crippen LogP contribution in [-0.4, -0.2) is 34.2 Å². The lowest BCUT2D eigenvalue weighted by atomic mass is 9.98. The molecule has 1 aliphatic heterocycles. The van der Waals surface area contributed by atoms with Crippen LogP contribution in [0.4, 0.5) is 0 Å². The second-order valence-electron chi connectivity index (χ2n) is 7.94. The molecule has 0 N–H and O–H groups in total. The van der Waals surface area contributed by atoms with Gasteiger partial charge in [0.1, 0.15) is 12.4 Å². The van der Waals surface area contributed by atoms with E-state index < -0.39 is 11.7 Å². The number of hydrogen-bond acceptors (Lipinski definition) is 3. The van der Waals surface area contributed by atoms with Crippen LogP contribution in [-0.2, 0) is 18.4 Å². The van der Waals surface area contributed by atoms with Crippen molar-refractivity contribution in [3.05, 3.63) is 64.8 Å². The fourth-order valence-corrected chi connectivity index (χ4v) is 4.14. The van der Waals surface area contributed by atoms with Crippen LogP contribution in [0, 0.1) is 5.92 Å². The molecule has 0 saturated carbocycles. The number of aromatic nitrogens is 1. The van der Waals surface area contributed by atoms with Gasteiger partial charge >= 0.3 is 0 Å². The molecule has 1 fully saturated rings. The van der Waals surface area contributed by atoms with Crippen LogP contribution in [0.2, 0.25) is 5.02 Å². The summed E-state index contributed by atoms with van der Waals surface area (Å²) in [6.07, 6.45) is 1.86. The van der Waals surface area contributed by atoms with E-state index in [9.17, 15) is 9.59 Å². The number of nitrogens with zero attached hydrogens (tertiary/aromatic N) is 2. The van der Waals surface area contributed by atoms with E-state index in [1.807, 2.05) is 35.9 Å². The second kappa shape index (κ2) is 8.52. The van der Waals surface area contributed by atoms with E-state index in [-0.39, 0.29) is 6.61 Å². The van der Waals surface area contributed by atoms with Crippen molar-refractivity contribution in [3.8, 4) is 5.75 Å². The number of amides is 1. The number of Topliss-reactive ketones (excluding diaryl/α,β-unsaturated/α-hetero) is 1. The third-order valence-electron chi connectivity index (χ3n) is 5.91. The maximum atomic E-state index is 13.4. The summed E-state index contributed by atoms with van der Waals surface area (Å²) < 4.78 is 7.87. The maximum absolute atomic E-state index is 13.4. The van der Waals surface area contributed by atoms with Crippen molar-refractivity contribution in [2.24, 2.45) is 13.0 Å². The minimum atomic E-state index is -0.462. The monoisotopic (exact) mass is 424 g/mol. The predicted molar refractivity (Wildman–Crippen MR) is 118 cm³/mol. The fourth-order valence-electron chi connectivity index (χ4n) is 4.01. The average Bonchev–Trinajstić information content (AvgIpc) is 3.05. The number of halogens is 1. The Labute approximate surface area is 181 Å². The zero-order valence-electron chi connectivity index (χ0n) is 17.2. The fraction of sp³-hybridized carbons (Fsp3) is 0.333. The van der Waals surface area contributed by atoms with Gasteiger partial charge in [-0.25, -0.2) is 0 Å². The lowest BCUT2D eigenvalue weighted by molar-refractivity contribution is -0.127. The van der Waals surface area contributed by atoms with E-state index >= 15 is 0 Å². The molecule has 0 radical (unpaired) electrons. The number of likely N-dealkylation sites (tertiary alicyclic amines) is 1. The number of aryl methyl sites for hydroxylation is 1. The van der Waals surface area contributed by atoms with Crippen molar-refractivity contribution in [3.63, 3.8) is 0 Å². The number of ether oxygens (including phenoxy) is 1. The highest BCUT2D eigenvalue weighted by molar-refractivity contribution is 6.45. The Balaban J connectivity index is 1.67. The van der Waals surface area contributed by atoms with E-state index in [0.29, 0.717) is 41.0 Å². The van der Waals surface area contributed by atoms with Gasteiger partial charge in [0.25, 0.3) is 11.7 Å². The number of carbonyl (C=O) groups excluding carboxylic acids is 2. The molecule has 1 saturated heterocycles. The molecule has 0 bridgehead atoms. The predicted octanol–water partition coefficient (Wildman–Crippen LogP) is 4.85. The Morgan fingerprint density at radius 3 is 2.43 bits per heavy atom. The number of ketones is 1. The molecule has 156 valence electrons. The molecular weight excluding hydrogens is 400 g/mol. The summed E-state index contributed by atoms with van der Waals surface area (Å²) in [5.41, 5.74) is 2.02. The van der Waals surface area contributed by atoms with Crippen LogP contribution in [0.3, 0.4) is 0 Å². The van der Waals surface area contributed by atoms with Crippen molar-refractivity contribution in [2.45, 2.75) is 26.4 Å². The van der Waals surface area contributed by atoms with Crippen LogP contribution < -0.4 is 4.74 Å². The summed E-state index contributed by atoms with van der Waals surface area (Å²) in [6.45, 7) is 3.62. The van der Waals surface area contributed by atoms with Crippen LogP contribution in [0.25, 0.3) is 10.9 Å². The molecule has 2 aromatic carbocycles. The topological polar surface area (TPSA) is 51.5 Å². The summed E-state index contributed by atoms with van der Waals surface area (Å²) in [6, 6.07) is 14.7. The molecule has 1 amide bonds. The first kappa shape index (κ1) is 20.5. The summed E-state index contributed by atoms with van der Waals surface area (Å²) in [5, 5.41) is 1.41. The zero-order chi connectivity index (χ0) is 21.3.